The van der Waals surface area contributed by atoms with Gasteiger partial charge < -0.3 is 14.7 Å². The lowest BCUT2D eigenvalue weighted by atomic mass is 9.99. The Labute approximate surface area is 93.4 Å². The summed E-state index contributed by atoms with van der Waals surface area (Å²) in [6.45, 7) is 6.48. The molecule has 1 heterocycles. The summed E-state index contributed by atoms with van der Waals surface area (Å²) in [6.07, 6.45) is 3.45. The van der Waals surface area contributed by atoms with Crippen LogP contribution in [0, 0.1) is 11.8 Å². The van der Waals surface area contributed by atoms with Crippen LogP contribution in [0.15, 0.2) is 0 Å². The van der Waals surface area contributed by atoms with Crippen LogP contribution in [-0.2, 0) is 4.74 Å². The maximum Gasteiger partial charge on any atom is 0.0471 e. The number of hydrogen-bond donors (Lipinski definition) is 1. The molecule has 3 nitrogen and oxygen atoms in total. The summed E-state index contributed by atoms with van der Waals surface area (Å²) < 4.78 is 5.35. The first-order valence-electron chi connectivity index (χ1n) is 6.13. The van der Waals surface area contributed by atoms with Crippen LogP contribution in [0.25, 0.3) is 0 Å². The van der Waals surface area contributed by atoms with Gasteiger partial charge in [-0.05, 0) is 38.1 Å². The Balaban J connectivity index is 2.18. The predicted octanol–water partition coefficient (Wildman–Crippen LogP) is 1.36. The molecule has 0 saturated carbocycles. The number of nitrogens with zero attached hydrogens (tertiary/aromatic N) is 1. The topological polar surface area (TPSA) is 32.7 Å². The van der Waals surface area contributed by atoms with Gasteiger partial charge in [-0.1, -0.05) is 6.92 Å². The third kappa shape index (κ3) is 4.96. The van der Waals surface area contributed by atoms with Crippen molar-refractivity contribution in [3.8, 4) is 0 Å². The second-order valence-electron chi connectivity index (χ2n) is 4.73. The van der Waals surface area contributed by atoms with Gasteiger partial charge in [0.1, 0.15) is 0 Å². The molecule has 1 N–H and O–H groups in total. The molecule has 1 unspecified atom stereocenters. The van der Waals surface area contributed by atoms with Crippen molar-refractivity contribution >= 4 is 0 Å². The van der Waals surface area contributed by atoms with Gasteiger partial charge in [-0.2, -0.15) is 0 Å². The van der Waals surface area contributed by atoms with Crippen LogP contribution in [0.5, 0.6) is 0 Å². The van der Waals surface area contributed by atoms with Crippen molar-refractivity contribution in [1.82, 2.24) is 4.90 Å². The molecule has 15 heavy (non-hydrogen) atoms. The highest BCUT2D eigenvalue weighted by Crippen LogP contribution is 2.16. The quantitative estimate of drug-likeness (QED) is 0.726. The van der Waals surface area contributed by atoms with E-state index in [1.807, 2.05) is 0 Å². The minimum Gasteiger partial charge on any atom is -0.396 e. The monoisotopic (exact) mass is 215 g/mol. The third-order valence-electron chi connectivity index (χ3n) is 3.32. The van der Waals surface area contributed by atoms with E-state index < -0.39 is 0 Å². The lowest BCUT2D eigenvalue weighted by Gasteiger charge is -2.28. The predicted molar refractivity (Wildman–Crippen MR) is 61.9 cm³/mol. The summed E-state index contributed by atoms with van der Waals surface area (Å²) >= 11 is 0. The van der Waals surface area contributed by atoms with E-state index in [4.69, 9.17) is 9.84 Å². The summed E-state index contributed by atoms with van der Waals surface area (Å²) in [5.41, 5.74) is 0. The SMILES string of the molecule is CCC(CO)CN(C)CC1CCOCC1. The maximum atomic E-state index is 9.13. The number of ether oxygens (including phenoxy) is 1. The first-order chi connectivity index (χ1) is 7.26. The molecule has 3 heteroatoms. The lowest BCUT2D eigenvalue weighted by Crippen LogP contribution is -2.33. The summed E-state index contributed by atoms with van der Waals surface area (Å²) in [4.78, 5) is 2.36. The van der Waals surface area contributed by atoms with Crippen LogP contribution in [-0.4, -0.2) is 50.0 Å². The molecule has 1 fully saturated rings. The largest absolute Gasteiger partial charge is 0.396 e. The molecular weight excluding hydrogens is 190 g/mol. The zero-order chi connectivity index (χ0) is 11.1. The second-order valence-corrected chi connectivity index (χ2v) is 4.73. The van der Waals surface area contributed by atoms with E-state index >= 15 is 0 Å². The van der Waals surface area contributed by atoms with Crippen molar-refractivity contribution in [2.45, 2.75) is 26.2 Å². The van der Waals surface area contributed by atoms with E-state index in [1.165, 1.54) is 12.8 Å². The Bertz CT molecular complexity index is 154. The molecule has 0 aromatic heterocycles. The van der Waals surface area contributed by atoms with Gasteiger partial charge in [-0.25, -0.2) is 0 Å². The minimum atomic E-state index is 0.314. The van der Waals surface area contributed by atoms with Crippen molar-refractivity contribution in [1.29, 1.82) is 0 Å². The van der Waals surface area contributed by atoms with E-state index in [0.717, 1.165) is 38.6 Å². The summed E-state index contributed by atoms with van der Waals surface area (Å²) in [6, 6.07) is 0. The fourth-order valence-electron chi connectivity index (χ4n) is 2.20. The van der Waals surface area contributed by atoms with Crippen LogP contribution in [0.1, 0.15) is 26.2 Å². The molecule has 0 amide bonds. The number of hydrogen-bond acceptors (Lipinski definition) is 3. The highest BCUT2D eigenvalue weighted by atomic mass is 16.5. The van der Waals surface area contributed by atoms with Gasteiger partial charge in [-0.15, -0.1) is 0 Å². The van der Waals surface area contributed by atoms with Gasteiger partial charge in [-0.3, -0.25) is 0 Å². The van der Waals surface area contributed by atoms with Gasteiger partial charge in [0.05, 0.1) is 0 Å². The summed E-state index contributed by atoms with van der Waals surface area (Å²) in [5.74, 6) is 1.23. The van der Waals surface area contributed by atoms with Gasteiger partial charge in [0.25, 0.3) is 0 Å². The molecule has 0 aliphatic carbocycles. The molecule has 0 spiro atoms. The van der Waals surface area contributed by atoms with Crippen LogP contribution < -0.4 is 0 Å². The summed E-state index contributed by atoms with van der Waals surface area (Å²) in [5, 5.41) is 9.13. The lowest BCUT2D eigenvalue weighted by molar-refractivity contribution is 0.0522. The van der Waals surface area contributed by atoms with Gasteiger partial charge in [0.2, 0.25) is 0 Å². The molecule has 1 saturated heterocycles. The molecule has 0 aromatic rings. The Morgan fingerprint density at radius 3 is 2.60 bits per heavy atom. The van der Waals surface area contributed by atoms with Crippen LogP contribution in [0.2, 0.25) is 0 Å². The van der Waals surface area contributed by atoms with Crippen molar-refractivity contribution in [3.63, 3.8) is 0 Å². The van der Waals surface area contributed by atoms with E-state index in [-0.39, 0.29) is 0 Å². The molecule has 0 radical (unpaired) electrons. The van der Waals surface area contributed by atoms with Gasteiger partial charge in [0.15, 0.2) is 0 Å². The smallest absolute Gasteiger partial charge is 0.0471 e. The van der Waals surface area contributed by atoms with Crippen molar-refractivity contribution in [2.24, 2.45) is 11.8 Å². The van der Waals surface area contributed by atoms with E-state index in [9.17, 15) is 0 Å². The van der Waals surface area contributed by atoms with E-state index in [0.29, 0.717) is 12.5 Å². The average molecular weight is 215 g/mol. The third-order valence-corrected chi connectivity index (χ3v) is 3.32. The van der Waals surface area contributed by atoms with Gasteiger partial charge in [0, 0.05) is 32.9 Å². The van der Waals surface area contributed by atoms with Crippen molar-refractivity contribution in [2.75, 3.05) is 40.0 Å². The fraction of sp³-hybridized carbons (Fsp3) is 1.00. The molecule has 1 aliphatic rings. The Morgan fingerprint density at radius 2 is 2.07 bits per heavy atom. The standard InChI is InChI=1S/C12H25NO2/c1-3-11(10-14)8-13(2)9-12-4-6-15-7-5-12/h11-12,14H,3-10H2,1-2H3. The molecular formula is C12H25NO2. The maximum absolute atomic E-state index is 9.13. The molecule has 1 rings (SSSR count). The first kappa shape index (κ1) is 12.9. The van der Waals surface area contributed by atoms with E-state index in [1.54, 1.807) is 0 Å². The normalized spacial score (nSPS) is 20.8. The second kappa shape index (κ2) is 7.20. The zero-order valence-electron chi connectivity index (χ0n) is 10.1. The number of aliphatic hydroxyl groups is 1. The van der Waals surface area contributed by atoms with Crippen LogP contribution in [0.4, 0.5) is 0 Å². The van der Waals surface area contributed by atoms with Crippen LogP contribution in [0.3, 0.4) is 0 Å². The van der Waals surface area contributed by atoms with E-state index in [2.05, 4.69) is 18.9 Å². The molecule has 90 valence electrons. The van der Waals surface area contributed by atoms with Crippen molar-refractivity contribution < 1.29 is 9.84 Å². The first-order valence-corrected chi connectivity index (χ1v) is 6.13. The Kier molecular flexibility index (Phi) is 6.22. The van der Waals surface area contributed by atoms with Gasteiger partial charge >= 0.3 is 0 Å². The Hall–Kier alpha value is -0.120. The minimum absolute atomic E-state index is 0.314. The number of rotatable bonds is 6. The molecule has 0 bridgehead atoms. The molecule has 1 atom stereocenters. The zero-order valence-corrected chi connectivity index (χ0v) is 10.1. The highest BCUT2D eigenvalue weighted by molar-refractivity contribution is 4.69. The summed E-state index contributed by atoms with van der Waals surface area (Å²) in [7, 11) is 2.16. The Morgan fingerprint density at radius 1 is 1.40 bits per heavy atom. The molecule has 1 aliphatic heterocycles. The van der Waals surface area contributed by atoms with Crippen LogP contribution >= 0.6 is 0 Å². The average Bonchev–Trinajstić information content (AvgIpc) is 2.27. The number of aliphatic hydroxyl groups excluding tert-OH is 1. The fourth-order valence-corrected chi connectivity index (χ4v) is 2.20. The van der Waals surface area contributed by atoms with Crippen molar-refractivity contribution in [3.05, 3.63) is 0 Å². The molecule has 0 aromatic carbocycles. The highest BCUT2D eigenvalue weighted by Gasteiger charge is 2.17.